The summed E-state index contributed by atoms with van der Waals surface area (Å²) in [7, 11) is 2.25. The van der Waals surface area contributed by atoms with Crippen molar-refractivity contribution in [2.24, 2.45) is 11.8 Å². The van der Waals surface area contributed by atoms with Crippen molar-refractivity contribution in [1.82, 2.24) is 19.4 Å². The van der Waals surface area contributed by atoms with Gasteiger partial charge >= 0.3 is 0 Å². The van der Waals surface area contributed by atoms with Crippen molar-refractivity contribution in [3.8, 4) is 5.75 Å². The second-order valence-electron chi connectivity index (χ2n) is 7.59. The van der Waals surface area contributed by atoms with E-state index in [1.165, 1.54) is 31.7 Å². The Balaban J connectivity index is 1.24. The molecule has 1 aromatic heterocycles. The monoisotopic (exact) mass is 340 g/mol. The topological polar surface area (TPSA) is 33.5 Å². The number of rotatable bonds is 7. The average Bonchev–Trinajstić information content (AvgIpc) is 3.29. The van der Waals surface area contributed by atoms with E-state index in [1.807, 2.05) is 18.7 Å². The number of hydrogen-bond donors (Lipinski definition) is 0. The first-order valence-corrected chi connectivity index (χ1v) is 9.34. The highest BCUT2D eigenvalue weighted by Crippen LogP contribution is 2.31. The summed E-state index contributed by atoms with van der Waals surface area (Å²) in [4.78, 5) is 9.15. The van der Waals surface area contributed by atoms with Gasteiger partial charge in [0.1, 0.15) is 5.75 Å². The molecule has 5 nitrogen and oxygen atoms in total. The quantitative estimate of drug-likeness (QED) is 0.725. The van der Waals surface area contributed by atoms with E-state index in [9.17, 15) is 0 Å². The molecule has 2 atom stereocenters. The summed E-state index contributed by atoms with van der Waals surface area (Å²) in [6, 6.07) is 8.61. The van der Waals surface area contributed by atoms with Crippen LogP contribution in [0.15, 0.2) is 43.0 Å². The molecular weight excluding hydrogens is 312 g/mol. The molecule has 0 radical (unpaired) electrons. The number of ether oxygens (including phenoxy) is 1. The van der Waals surface area contributed by atoms with Gasteiger partial charge in [0.15, 0.2) is 0 Å². The molecule has 2 aliphatic rings. The molecule has 0 saturated carbocycles. The van der Waals surface area contributed by atoms with Gasteiger partial charge in [-0.05, 0) is 43.0 Å². The molecule has 0 amide bonds. The van der Waals surface area contributed by atoms with Gasteiger partial charge in [-0.2, -0.15) is 0 Å². The van der Waals surface area contributed by atoms with Gasteiger partial charge in [-0.25, -0.2) is 4.98 Å². The highest BCUT2D eigenvalue weighted by molar-refractivity contribution is 5.28. The number of likely N-dealkylation sites (tertiary alicyclic amines) is 2. The van der Waals surface area contributed by atoms with Crippen LogP contribution in [-0.4, -0.2) is 59.2 Å². The van der Waals surface area contributed by atoms with Crippen molar-refractivity contribution in [2.45, 2.75) is 19.5 Å². The van der Waals surface area contributed by atoms with Crippen LogP contribution < -0.4 is 4.74 Å². The molecule has 25 heavy (non-hydrogen) atoms. The zero-order valence-electron chi connectivity index (χ0n) is 15.1. The molecule has 3 heterocycles. The van der Waals surface area contributed by atoms with Gasteiger partial charge in [-0.1, -0.05) is 12.1 Å². The van der Waals surface area contributed by atoms with Gasteiger partial charge < -0.3 is 14.2 Å². The van der Waals surface area contributed by atoms with Crippen molar-refractivity contribution in [3.63, 3.8) is 0 Å². The van der Waals surface area contributed by atoms with Crippen molar-refractivity contribution < 1.29 is 4.74 Å². The van der Waals surface area contributed by atoms with E-state index >= 15 is 0 Å². The summed E-state index contributed by atoms with van der Waals surface area (Å²) in [6.07, 6.45) is 6.64. The lowest BCUT2D eigenvalue weighted by Gasteiger charge is -2.19. The largest absolute Gasteiger partial charge is 0.494 e. The molecule has 4 rings (SSSR count). The normalized spacial score (nSPS) is 23.9. The standard InChI is InChI=1S/C20H28N4O/c1-22-12-18-14-24(15-19(18)13-22)11-17-4-2-5-20(10-17)25-9-3-7-23-8-6-21-16-23/h2,4-6,8,10,16,18-19H,3,7,9,11-15H2,1H3/t18-,19+. The Hall–Kier alpha value is -1.85. The first-order valence-electron chi connectivity index (χ1n) is 9.34. The van der Waals surface area contributed by atoms with E-state index < -0.39 is 0 Å². The van der Waals surface area contributed by atoms with Gasteiger partial charge in [-0.3, -0.25) is 4.90 Å². The second kappa shape index (κ2) is 7.58. The van der Waals surface area contributed by atoms with Crippen LogP contribution in [0.2, 0.25) is 0 Å². The van der Waals surface area contributed by atoms with Crippen LogP contribution in [0.5, 0.6) is 5.75 Å². The van der Waals surface area contributed by atoms with E-state index in [1.54, 1.807) is 0 Å². The highest BCUT2D eigenvalue weighted by Gasteiger charge is 2.38. The maximum Gasteiger partial charge on any atom is 0.119 e. The molecule has 0 unspecified atom stereocenters. The van der Waals surface area contributed by atoms with Crippen molar-refractivity contribution in [3.05, 3.63) is 48.5 Å². The summed E-state index contributed by atoms with van der Waals surface area (Å²) in [5, 5.41) is 0. The van der Waals surface area contributed by atoms with Gasteiger partial charge in [0.2, 0.25) is 0 Å². The smallest absolute Gasteiger partial charge is 0.119 e. The number of fused-ring (bicyclic) bond motifs is 1. The molecule has 5 heteroatoms. The number of aryl methyl sites for hydroxylation is 1. The molecule has 1 aromatic carbocycles. The van der Waals surface area contributed by atoms with Gasteiger partial charge in [0.25, 0.3) is 0 Å². The van der Waals surface area contributed by atoms with E-state index in [2.05, 4.69) is 50.7 Å². The summed E-state index contributed by atoms with van der Waals surface area (Å²) in [5.74, 6) is 2.72. The molecule has 134 valence electrons. The summed E-state index contributed by atoms with van der Waals surface area (Å²) < 4.78 is 8.02. The summed E-state index contributed by atoms with van der Waals surface area (Å²) >= 11 is 0. The molecular formula is C20H28N4O. The van der Waals surface area contributed by atoms with Gasteiger partial charge in [0.05, 0.1) is 12.9 Å². The van der Waals surface area contributed by atoms with Crippen LogP contribution in [-0.2, 0) is 13.1 Å². The molecule has 0 bridgehead atoms. The fourth-order valence-electron chi connectivity index (χ4n) is 4.30. The first-order chi connectivity index (χ1) is 12.3. The Kier molecular flexibility index (Phi) is 5.04. The molecule has 0 N–H and O–H groups in total. The number of hydrogen-bond acceptors (Lipinski definition) is 4. The average molecular weight is 340 g/mol. The number of benzene rings is 1. The predicted octanol–water partition coefficient (Wildman–Crippen LogP) is 2.35. The lowest BCUT2D eigenvalue weighted by Crippen LogP contribution is -2.26. The number of aromatic nitrogens is 2. The van der Waals surface area contributed by atoms with Gasteiger partial charge in [0, 0.05) is 51.7 Å². The summed E-state index contributed by atoms with van der Waals surface area (Å²) in [5.41, 5.74) is 1.36. The van der Waals surface area contributed by atoms with Crippen molar-refractivity contribution >= 4 is 0 Å². The van der Waals surface area contributed by atoms with Crippen LogP contribution in [0.3, 0.4) is 0 Å². The zero-order chi connectivity index (χ0) is 17.1. The van der Waals surface area contributed by atoms with E-state index in [0.29, 0.717) is 0 Å². The van der Waals surface area contributed by atoms with Crippen LogP contribution in [0, 0.1) is 11.8 Å². The van der Waals surface area contributed by atoms with E-state index in [-0.39, 0.29) is 0 Å². The van der Waals surface area contributed by atoms with Gasteiger partial charge in [-0.15, -0.1) is 0 Å². The second-order valence-corrected chi connectivity index (χ2v) is 7.59. The SMILES string of the molecule is CN1C[C@@H]2CN(Cc3cccc(OCCCn4ccnc4)c3)C[C@@H]2C1. The molecule has 0 spiro atoms. The third-order valence-corrected chi connectivity index (χ3v) is 5.44. The Labute approximate surface area is 150 Å². The fraction of sp³-hybridized carbons (Fsp3) is 0.550. The summed E-state index contributed by atoms with van der Waals surface area (Å²) in [6.45, 7) is 7.74. The molecule has 2 saturated heterocycles. The maximum absolute atomic E-state index is 5.94. The molecule has 2 aromatic rings. The predicted molar refractivity (Wildman–Crippen MR) is 98.5 cm³/mol. The third-order valence-electron chi connectivity index (χ3n) is 5.44. The Morgan fingerprint density at radius 3 is 2.76 bits per heavy atom. The van der Waals surface area contributed by atoms with Crippen LogP contribution in [0.4, 0.5) is 0 Å². The Morgan fingerprint density at radius 2 is 2.00 bits per heavy atom. The molecule has 2 fully saturated rings. The minimum atomic E-state index is 0.738. The maximum atomic E-state index is 5.94. The lowest BCUT2D eigenvalue weighted by atomic mass is 10.0. The highest BCUT2D eigenvalue weighted by atomic mass is 16.5. The molecule has 2 aliphatic heterocycles. The Morgan fingerprint density at radius 1 is 1.16 bits per heavy atom. The molecule has 0 aliphatic carbocycles. The zero-order valence-corrected chi connectivity index (χ0v) is 15.1. The fourth-order valence-corrected chi connectivity index (χ4v) is 4.30. The minimum absolute atomic E-state index is 0.738. The van der Waals surface area contributed by atoms with E-state index in [4.69, 9.17) is 4.74 Å². The minimum Gasteiger partial charge on any atom is -0.494 e. The lowest BCUT2D eigenvalue weighted by molar-refractivity contribution is 0.270. The number of imidazole rings is 1. The van der Waals surface area contributed by atoms with Crippen molar-refractivity contribution in [2.75, 3.05) is 39.8 Å². The number of nitrogens with zero attached hydrogens (tertiary/aromatic N) is 4. The van der Waals surface area contributed by atoms with Crippen LogP contribution in [0.1, 0.15) is 12.0 Å². The first kappa shape index (κ1) is 16.6. The Bertz CT molecular complexity index is 658. The van der Waals surface area contributed by atoms with Crippen LogP contribution in [0.25, 0.3) is 0 Å². The van der Waals surface area contributed by atoms with Crippen molar-refractivity contribution in [1.29, 1.82) is 0 Å². The van der Waals surface area contributed by atoms with E-state index in [0.717, 1.165) is 43.7 Å². The van der Waals surface area contributed by atoms with Crippen LogP contribution >= 0.6 is 0 Å². The third kappa shape index (κ3) is 4.22.